The van der Waals surface area contributed by atoms with Gasteiger partial charge in [0.2, 0.25) is 0 Å². The summed E-state index contributed by atoms with van der Waals surface area (Å²) in [4.78, 5) is 37.8. The molecular formula is C29H27ClN4O6S. The Balaban J connectivity index is 1.37. The van der Waals surface area contributed by atoms with Crippen LogP contribution in [0.15, 0.2) is 71.6 Å². The second-order valence-electron chi connectivity index (χ2n) is 10.4. The first-order valence-corrected chi connectivity index (χ1v) is 14.7. The number of benzene rings is 3. The fourth-order valence-electron chi connectivity index (χ4n) is 6.20. The van der Waals surface area contributed by atoms with Crippen LogP contribution in [-0.2, 0) is 4.74 Å². The maximum atomic E-state index is 13.3. The Labute approximate surface area is 245 Å². The molecule has 3 aromatic rings. The molecule has 0 bridgehead atoms. The van der Waals surface area contributed by atoms with Gasteiger partial charge in [-0.1, -0.05) is 24.3 Å². The molecule has 2 heterocycles. The van der Waals surface area contributed by atoms with E-state index in [1.807, 2.05) is 18.2 Å². The lowest BCUT2D eigenvalue weighted by atomic mass is 9.76. The van der Waals surface area contributed by atoms with Gasteiger partial charge in [-0.25, -0.2) is 0 Å². The van der Waals surface area contributed by atoms with E-state index in [0.29, 0.717) is 43.2 Å². The second kappa shape index (κ2) is 11.3. The molecule has 1 aliphatic carbocycles. The third-order valence-electron chi connectivity index (χ3n) is 8.16. The Kier molecular flexibility index (Phi) is 7.58. The zero-order chi connectivity index (χ0) is 28.7. The molecule has 0 aromatic heterocycles. The van der Waals surface area contributed by atoms with Crippen LogP contribution in [0, 0.1) is 26.1 Å². The van der Waals surface area contributed by atoms with Gasteiger partial charge in [-0.3, -0.25) is 25.0 Å². The molecule has 3 aliphatic rings. The Morgan fingerprint density at radius 1 is 1.00 bits per heavy atom. The summed E-state index contributed by atoms with van der Waals surface area (Å²) in [5.74, 6) is -0.216. The molecule has 212 valence electrons. The van der Waals surface area contributed by atoms with E-state index in [9.17, 15) is 25.0 Å². The van der Waals surface area contributed by atoms with Crippen molar-refractivity contribution in [3.63, 3.8) is 0 Å². The Morgan fingerprint density at radius 3 is 2.44 bits per heavy atom. The normalized spacial score (nSPS) is 25.1. The summed E-state index contributed by atoms with van der Waals surface area (Å²) in [6, 6.07) is 18.6. The van der Waals surface area contributed by atoms with Gasteiger partial charge in [-0.2, -0.15) is 0 Å². The molecule has 10 nitrogen and oxygen atoms in total. The Bertz CT molecular complexity index is 1500. The summed E-state index contributed by atoms with van der Waals surface area (Å²) in [7, 11) is 0. The summed E-state index contributed by atoms with van der Waals surface area (Å²) in [5.41, 5.74) is 3.33. The van der Waals surface area contributed by atoms with Crippen molar-refractivity contribution in [3.8, 4) is 0 Å². The number of nitrogens with zero attached hydrogens (tertiary/aromatic N) is 3. The number of nitro groups is 2. The molecule has 41 heavy (non-hydrogen) atoms. The minimum Gasteiger partial charge on any atom is -0.378 e. The molecule has 3 aromatic carbocycles. The van der Waals surface area contributed by atoms with Crippen LogP contribution in [0.25, 0.3) is 0 Å². The van der Waals surface area contributed by atoms with Gasteiger partial charge in [0.25, 0.3) is 17.3 Å². The van der Waals surface area contributed by atoms with E-state index < -0.39 is 4.92 Å². The van der Waals surface area contributed by atoms with Crippen LogP contribution in [0.4, 0.5) is 17.1 Å². The van der Waals surface area contributed by atoms with Crippen molar-refractivity contribution >= 4 is 46.3 Å². The third-order valence-corrected chi connectivity index (χ3v) is 10.3. The molecule has 5 atom stereocenters. The number of fused-ring (bicyclic) bond motifs is 3. The van der Waals surface area contributed by atoms with Crippen LogP contribution in [0.1, 0.15) is 39.9 Å². The van der Waals surface area contributed by atoms with Crippen molar-refractivity contribution in [2.75, 3.05) is 31.6 Å². The number of anilines is 1. The van der Waals surface area contributed by atoms with Crippen LogP contribution in [-0.4, -0.2) is 57.6 Å². The number of para-hydroxylation sites is 1. The molecule has 1 N–H and O–H groups in total. The van der Waals surface area contributed by atoms with Crippen molar-refractivity contribution in [1.82, 2.24) is 4.90 Å². The van der Waals surface area contributed by atoms with Crippen LogP contribution in [0.5, 0.6) is 0 Å². The van der Waals surface area contributed by atoms with E-state index in [-0.39, 0.29) is 50.7 Å². The summed E-state index contributed by atoms with van der Waals surface area (Å²) < 4.78 is 5.40. The average Bonchev–Trinajstić information content (AvgIpc) is 3.32. The van der Waals surface area contributed by atoms with E-state index in [4.69, 9.17) is 16.3 Å². The monoisotopic (exact) mass is 594 g/mol. The summed E-state index contributed by atoms with van der Waals surface area (Å²) in [6.07, 6.45) is 0.658. The number of rotatable bonds is 6. The summed E-state index contributed by atoms with van der Waals surface area (Å²) in [6.45, 7) is 2.09. The predicted octanol–water partition coefficient (Wildman–Crippen LogP) is 6.01. The highest BCUT2D eigenvalue weighted by Crippen LogP contribution is 2.58. The minimum absolute atomic E-state index is 0.0132. The zero-order valence-electron chi connectivity index (χ0n) is 21.9. The highest BCUT2D eigenvalue weighted by molar-refractivity contribution is 8.00. The van der Waals surface area contributed by atoms with E-state index >= 15 is 0 Å². The first-order chi connectivity index (χ1) is 19.8. The lowest BCUT2D eigenvalue weighted by Crippen LogP contribution is -2.40. The number of alkyl halides is 1. The van der Waals surface area contributed by atoms with Crippen molar-refractivity contribution in [1.29, 1.82) is 0 Å². The number of carbonyl (C=O) groups is 1. The summed E-state index contributed by atoms with van der Waals surface area (Å²) >= 11 is 8.65. The number of amides is 1. The minimum atomic E-state index is -0.424. The molecular weight excluding hydrogens is 568 g/mol. The fraction of sp³-hybridized carbons (Fsp3) is 0.345. The first-order valence-electron chi connectivity index (χ1n) is 13.4. The maximum Gasteiger partial charge on any atom is 0.282 e. The highest BCUT2D eigenvalue weighted by atomic mass is 35.5. The zero-order valence-corrected chi connectivity index (χ0v) is 23.4. The van der Waals surface area contributed by atoms with Gasteiger partial charge in [-0.15, -0.1) is 23.4 Å². The highest BCUT2D eigenvalue weighted by Gasteiger charge is 2.50. The number of non-ortho nitro benzene ring substituents is 1. The van der Waals surface area contributed by atoms with Gasteiger partial charge in [0.1, 0.15) is 0 Å². The van der Waals surface area contributed by atoms with Gasteiger partial charge in [0.05, 0.1) is 39.4 Å². The van der Waals surface area contributed by atoms with Crippen LogP contribution >= 0.6 is 23.4 Å². The molecule has 1 amide bonds. The summed E-state index contributed by atoms with van der Waals surface area (Å²) in [5, 5.41) is 26.1. The molecule has 6 rings (SSSR count). The van der Waals surface area contributed by atoms with E-state index in [1.165, 1.54) is 30.0 Å². The number of nitro benzene ring substituents is 2. The number of thioether (sulfide) groups is 1. The smallest absolute Gasteiger partial charge is 0.282 e. The van der Waals surface area contributed by atoms with Crippen molar-refractivity contribution in [2.24, 2.45) is 5.92 Å². The fourth-order valence-corrected chi connectivity index (χ4v) is 8.15. The van der Waals surface area contributed by atoms with E-state index in [2.05, 4.69) is 5.32 Å². The second-order valence-corrected chi connectivity index (χ2v) is 12.2. The number of hydrogen-bond donors (Lipinski definition) is 1. The lowest BCUT2D eigenvalue weighted by molar-refractivity contribution is -0.387. The van der Waals surface area contributed by atoms with Crippen molar-refractivity contribution in [3.05, 3.63) is 104 Å². The molecule has 1 saturated heterocycles. The molecule has 0 spiro atoms. The SMILES string of the molecule is O=C(c1ccc2c(c1)[C@@H]1[C@H](Cl)[C@H](Sc3ccccc3[N+](=O)[O-])C[C@@H]1[C@@H](c1ccc([N+](=O)[O-])cc1)N2)N1CCOCC1. The van der Waals surface area contributed by atoms with Gasteiger partial charge in [-0.05, 0) is 47.7 Å². The van der Waals surface area contributed by atoms with Crippen molar-refractivity contribution < 1.29 is 19.4 Å². The molecule has 0 unspecified atom stereocenters. The predicted molar refractivity (Wildman–Crippen MR) is 156 cm³/mol. The average molecular weight is 595 g/mol. The number of carbonyl (C=O) groups excluding carboxylic acids is 1. The van der Waals surface area contributed by atoms with Gasteiger partial charge < -0.3 is 15.0 Å². The van der Waals surface area contributed by atoms with Crippen molar-refractivity contribution in [2.45, 2.75) is 33.9 Å². The molecule has 1 saturated carbocycles. The first kappa shape index (κ1) is 27.5. The number of ether oxygens (including phenoxy) is 1. The molecule has 2 fully saturated rings. The maximum absolute atomic E-state index is 13.3. The number of nitrogens with one attached hydrogen (secondary N) is 1. The quantitative estimate of drug-likeness (QED) is 0.209. The van der Waals surface area contributed by atoms with Gasteiger partial charge >= 0.3 is 0 Å². The molecule has 0 radical (unpaired) electrons. The van der Waals surface area contributed by atoms with Gasteiger partial charge in [0.15, 0.2) is 0 Å². The van der Waals surface area contributed by atoms with E-state index in [1.54, 1.807) is 35.2 Å². The standard InChI is InChI=1S/C29H27ClN4O6S/c30-27-25(41-24-4-2-1-3-23(24)34(38)39)16-21-26(27)20-15-18(29(35)32-11-13-40-14-12-32)7-10-22(20)31-28(21)17-5-8-19(9-6-17)33(36)37/h1-10,15,21,25-28,31H,11-14,16H2/t21-,25+,26-,27+,28+/m0/s1. The largest absolute Gasteiger partial charge is 0.378 e. The van der Waals surface area contributed by atoms with Crippen LogP contribution in [0.2, 0.25) is 0 Å². The lowest BCUT2D eigenvalue weighted by Gasteiger charge is -2.38. The molecule has 12 heteroatoms. The Morgan fingerprint density at radius 2 is 1.73 bits per heavy atom. The Hall–Kier alpha value is -3.67. The van der Waals surface area contributed by atoms with Crippen LogP contribution < -0.4 is 5.32 Å². The third kappa shape index (κ3) is 5.25. The molecule has 2 aliphatic heterocycles. The van der Waals surface area contributed by atoms with Crippen LogP contribution in [0.3, 0.4) is 0 Å². The van der Waals surface area contributed by atoms with Gasteiger partial charge in [0, 0.05) is 53.7 Å². The van der Waals surface area contributed by atoms with E-state index in [0.717, 1.165) is 16.8 Å². The number of morpholine rings is 1. The number of halogens is 1. The number of hydrogen-bond acceptors (Lipinski definition) is 8. The topological polar surface area (TPSA) is 128 Å².